The van der Waals surface area contributed by atoms with Crippen molar-refractivity contribution in [3.8, 4) is 0 Å². The van der Waals surface area contributed by atoms with Gasteiger partial charge in [-0.1, -0.05) is 30.3 Å². The molecule has 0 unspecified atom stereocenters. The molecule has 2 amide bonds. The van der Waals surface area contributed by atoms with Crippen LogP contribution in [0.5, 0.6) is 0 Å². The van der Waals surface area contributed by atoms with E-state index in [0.29, 0.717) is 0 Å². The number of benzene rings is 2. The van der Waals surface area contributed by atoms with Gasteiger partial charge < -0.3 is 10.6 Å². The molecule has 0 saturated carbocycles. The fraction of sp³-hybridized carbons (Fsp3) is 0.300. The van der Waals surface area contributed by atoms with Gasteiger partial charge in [0.15, 0.2) is 0 Å². The van der Waals surface area contributed by atoms with Crippen molar-refractivity contribution in [2.75, 3.05) is 23.7 Å². The molecule has 5 nitrogen and oxygen atoms in total. The number of amides is 2. The van der Waals surface area contributed by atoms with E-state index < -0.39 is 0 Å². The van der Waals surface area contributed by atoms with Crippen molar-refractivity contribution in [1.82, 2.24) is 4.90 Å². The Morgan fingerprint density at radius 1 is 1.16 bits per heavy atom. The van der Waals surface area contributed by atoms with Crippen LogP contribution >= 0.6 is 0 Å². The van der Waals surface area contributed by atoms with E-state index in [2.05, 4.69) is 21.6 Å². The third kappa shape index (κ3) is 3.03. The highest BCUT2D eigenvalue weighted by Gasteiger charge is 2.51. The molecule has 0 atom stereocenters. The Labute approximate surface area is 147 Å². The monoisotopic (exact) mass is 335 g/mol. The number of rotatable bonds is 3. The second kappa shape index (κ2) is 6.01. The summed E-state index contributed by atoms with van der Waals surface area (Å²) >= 11 is 0. The predicted octanol–water partition coefficient (Wildman–Crippen LogP) is 2.64. The summed E-state index contributed by atoms with van der Waals surface area (Å²) in [7, 11) is 0. The molecular formula is C20H21N3O2. The zero-order valence-corrected chi connectivity index (χ0v) is 14.2. The molecule has 2 aromatic rings. The van der Waals surface area contributed by atoms with Gasteiger partial charge in [-0.05, 0) is 35.7 Å². The van der Waals surface area contributed by atoms with E-state index in [1.807, 2.05) is 42.5 Å². The summed E-state index contributed by atoms with van der Waals surface area (Å²) in [6.07, 6.45) is 0.812. The van der Waals surface area contributed by atoms with Gasteiger partial charge in [0.1, 0.15) is 0 Å². The molecule has 2 heterocycles. The maximum absolute atomic E-state index is 12.5. The number of carbonyl (C=O) groups excluding carboxylic acids is 2. The van der Waals surface area contributed by atoms with Crippen LogP contribution in [0.15, 0.2) is 48.5 Å². The Bertz CT molecular complexity index is 823. The number of fused-ring (bicyclic) bond motifs is 1. The smallest absolute Gasteiger partial charge is 0.233 e. The van der Waals surface area contributed by atoms with Crippen molar-refractivity contribution in [3.05, 3.63) is 59.7 Å². The van der Waals surface area contributed by atoms with E-state index in [9.17, 15) is 9.59 Å². The van der Waals surface area contributed by atoms with Crippen LogP contribution in [0.25, 0.3) is 0 Å². The van der Waals surface area contributed by atoms with Crippen molar-refractivity contribution in [1.29, 1.82) is 0 Å². The molecule has 5 heteroatoms. The molecule has 2 aromatic carbocycles. The lowest BCUT2D eigenvalue weighted by molar-refractivity contribution is -0.137. The van der Waals surface area contributed by atoms with Gasteiger partial charge >= 0.3 is 0 Å². The molecule has 1 fully saturated rings. The first-order valence-electron chi connectivity index (χ1n) is 8.52. The van der Waals surface area contributed by atoms with Crippen molar-refractivity contribution in [3.63, 3.8) is 0 Å². The third-order valence-electron chi connectivity index (χ3n) is 5.01. The first-order valence-corrected chi connectivity index (χ1v) is 8.52. The van der Waals surface area contributed by atoms with Gasteiger partial charge in [0, 0.05) is 37.9 Å². The Kier molecular flexibility index (Phi) is 3.81. The van der Waals surface area contributed by atoms with Crippen molar-refractivity contribution in [2.24, 2.45) is 5.41 Å². The number of carbonyl (C=O) groups is 2. The average molecular weight is 335 g/mol. The second-order valence-electron chi connectivity index (χ2n) is 7.09. The van der Waals surface area contributed by atoms with Gasteiger partial charge in [-0.3, -0.25) is 14.5 Å². The highest BCUT2D eigenvalue weighted by atomic mass is 16.2. The lowest BCUT2D eigenvalue weighted by atomic mass is 9.71. The molecule has 2 N–H and O–H groups in total. The average Bonchev–Trinajstić information content (AvgIpc) is 2.55. The van der Waals surface area contributed by atoms with Crippen LogP contribution in [0.1, 0.15) is 18.1 Å². The van der Waals surface area contributed by atoms with E-state index in [-0.39, 0.29) is 17.2 Å². The number of nitrogens with one attached hydrogen (secondary N) is 2. The van der Waals surface area contributed by atoms with Crippen LogP contribution in [-0.2, 0) is 22.6 Å². The molecule has 128 valence electrons. The first kappa shape index (κ1) is 15.8. The largest absolute Gasteiger partial charge is 0.326 e. The van der Waals surface area contributed by atoms with E-state index in [1.165, 1.54) is 18.1 Å². The zero-order valence-electron chi connectivity index (χ0n) is 14.2. The van der Waals surface area contributed by atoms with Crippen LogP contribution in [0.2, 0.25) is 0 Å². The van der Waals surface area contributed by atoms with Crippen LogP contribution in [0.4, 0.5) is 11.4 Å². The van der Waals surface area contributed by atoms with Crippen molar-refractivity contribution in [2.45, 2.75) is 19.9 Å². The summed E-state index contributed by atoms with van der Waals surface area (Å²) in [5.74, 6) is 0.0736. The molecular weight excluding hydrogens is 314 g/mol. The van der Waals surface area contributed by atoms with Crippen molar-refractivity contribution >= 4 is 23.2 Å². The van der Waals surface area contributed by atoms with E-state index in [0.717, 1.165) is 37.4 Å². The zero-order chi connectivity index (χ0) is 17.4. The summed E-state index contributed by atoms with van der Waals surface area (Å²) in [6.45, 7) is 3.87. The molecule has 2 aliphatic heterocycles. The number of hydrogen-bond donors (Lipinski definition) is 2. The fourth-order valence-electron chi connectivity index (χ4n) is 3.83. The summed E-state index contributed by atoms with van der Waals surface area (Å²) < 4.78 is 0. The van der Waals surface area contributed by atoms with Crippen LogP contribution in [-0.4, -0.2) is 29.8 Å². The maximum Gasteiger partial charge on any atom is 0.233 e. The molecule has 4 rings (SSSR count). The van der Waals surface area contributed by atoms with Crippen LogP contribution < -0.4 is 10.6 Å². The Hall–Kier alpha value is -2.66. The van der Waals surface area contributed by atoms with Gasteiger partial charge in [-0.15, -0.1) is 0 Å². The molecule has 1 saturated heterocycles. The normalized spacial score (nSPS) is 18.2. The summed E-state index contributed by atoms with van der Waals surface area (Å²) in [5.41, 5.74) is 3.87. The minimum atomic E-state index is -0.287. The molecule has 25 heavy (non-hydrogen) atoms. The van der Waals surface area contributed by atoms with Gasteiger partial charge in [0.05, 0.1) is 5.41 Å². The molecule has 1 spiro atoms. The number of nitrogens with zero attached hydrogens (tertiary/aromatic N) is 1. The third-order valence-corrected chi connectivity index (χ3v) is 5.01. The number of para-hydroxylation sites is 1. The molecule has 0 radical (unpaired) electrons. The number of hydrogen-bond acceptors (Lipinski definition) is 3. The summed E-state index contributed by atoms with van der Waals surface area (Å²) in [6, 6.07) is 15.9. The maximum atomic E-state index is 12.5. The Balaban J connectivity index is 1.39. The van der Waals surface area contributed by atoms with Gasteiger partial charge in [-0.25, -0.2) is 0 Å². The lowest BCUT2D eigenvalue weighted by Gasteiger charge is -2.51. The molecule has 0 bridgehead atoms. The van der Waals surface area contributed by atoms with E-state index >= 15 is 0 Å². The Morgan fingerprint density at radius 2 is 1.88 bits per heavy atom. The quantitative estimate of drug-likeness (QED) is 0.906. The van der Waals surface area contributed by atoms with Gasteiger partial charge in [-0.2, -0.15) is 0 Å². The lowest BCUT2D eigenvalue weighted by Crippen LogP contribution is -2.63. The Morgan fingerprint density at radius 3 is 2.60 bits per heavy atom. The fourth-order valence-corrected chi connectivity index (χ4v) is 3.83. The SMILES string of the molecule is CC(=O)Nc1ccc(CN2CC3(Cc4ccccc4NC3=O)C2)cc1. The molecule has 2 aliphatic rings. The predicted molar refractivity (Wildman–Crippen MR) is 97.2 cm³/mol. The standard InChI is InChI=1S/C20H21N3O2/c1-14(24)21-17-8-6-15(7-9-17)11-23-12-20(13-23)10-16-4-2-3-5-18(16)22-19(20)25/h2-9H,10-13H2,1H3,(H,21,24)(H,22,25). The van der Waals surface area contributed by atoms with Gasteiger partial charge in [0.2, 0.25) is 11.8 Å². The van der Waals surface area contributed by atoms with Crippen molar-refractivity contribution < 1.29 is 9.59 Å². The number of likely N-dealkylation sites (tertiary alicyclic amines) is 1. The highest BCUT2D eigenvalue weighted by Crippen LogP contribution is 2.41. The summed E-state index contributed by atoms with van der Waals surface area (Å²) in [5, 5.41) is 5.83. The topological polar surface area (TPSA) is 61.4 Å². The van der Waals surface area contributed by atoms with Crippen LogP contribution in [0.3, 0.4) is 0 Å². The van der Waals surface area contributed by atoms with E-state index in [1.54, 1.807) is 0 Å². The summed E-state index contributed by atoms with van der Waals surface area (Å²) in [4.78, 5) is 25.9. The van der Waals surface area contributed by atoms with Gasteiger partial charge in [0.25, 0.3) is 0 Å². The highest BCUT2D eigenvalue weighted by molar-refractivity contribution is 5.99. The van der Waals surface area contributed by atoms with Crippen LogP contribution in [0, 0.1) is 5.41 Å². The second-order valence-corrected chi connectivity index (χ2v) is 7.09. The van der Waals surface area contributed by atoms with E-state index in [4.69, 9.17) is 0 Å². The minimum absolute atomic E-state index is 0.0685. The minimum Gasteiger partial charge on any atom is -0.326 e. The first-order chi connectivity index (χ1) is 12.0. The number of anilines is 2. The molecule has 0 aromatic heterocycles. The molecule has 0 aliphatic carbocycles.